The van der Waals surface area contributed by atoms with Crippen molar-refractivity contribution in [3.63, 3.8) is 0 Å². The molecule has 66 heavy (non-hydrogen) atoms. The SMILES string of the molecule is COC(=O)[C@@H](NC(=O)[C@H](CCCCNC(=O)[C@H](C)N)NC(=O)[C@@H]1CCCN1C(=O)[C@H](CCCN=C(N)N[N+](=O)[O-])NC(=O)CC/C(C)=C/Cc1c(O)c2c(c(C)c1OC)COC2=O)[C@@H](C)O. The lowest BCUT2D eigenvalue weighted by Crippen LogP contribution is -2.58. The molecule has 1 saturated heterocycles. The zero-order valence-electron chi connectivity index (χ0n) is 38.2. The highest BCUT2D eigenvalue weighted by Gasteiger charge is 2.39. The number of nitrogens with two attached hydrogens (primary N) is 2. The fourth-order valence-corrected chi connectivity index (χ4v) is 7.51. The summed E-state index contributed by atoms with van der Waals surface area (Å²) in [5, 5.41) is 41.6. The Hall–Kier alpha value is -6.56. The number of guanidine groups is 1. The van der Waals surface area contributed by atoms with Crippen molar-refractivity contribution in [3.05, 3.63) is 44.0 Å². The van der Waals surface area contributed by atoms with E-state index in [1.165, 1.54) is 25.9 Å². The Morgan fingerprint density at radius 1 is 1.05 bits per heavy atom. The van der Waals surface area contributed by atoms with Crippen LogP contribution in [0.4, 0.5) is 0 Å². The van der Waals surface area contributed by atoms with Crippen LogP contribution in [0.15, 0.2) is 16.6 Å². The molecule has 2 aliphatic heterocycles. The summed E-state index contributed by atoms with van der Waals surface area (Å²) in [5.74, 6) is -4.84. The van der Waals surface area contributed by atoms with E-state index in [0.29, 0.717) is 41.7 Å². The van der Waals surface area contributed by atoms with Crippen LogP contribution in [0.1, 0.15) is 106 Å². The van der Waals surface area contributed by atoms with Gasteiger partial charge < -0.3 is 62.1 Å². The number of allylic oxidation sites excluding steroid dienone is 2. The Balaban J connectivity index is 1.78. The van der Waals surface area contributed by atoms with Gasteiger partial charge in [0.2, 0.25) is 29.5 Å². The molecule has 0 aliphatic carbocycles. The number of cyclic esters (lactones) is 1. The predicted octanol–water partition coefficient (Wildman–Crippen LogP) is -0.842. The highest BCUT2D eigenvalue weighted by Crippen LogP contribution is 2.42. The Morgan fingerprint density at radius 2 is 1.74 bits per heavy atom. The summed E-state index contributed by atoms with van der Waals surface area (Å²) < 4.78 is 15.4. The molecule has 0 radical (unpaired) electrons. The molecule has 24 nitrogen and oxygen atoms in total. The minimum absolute atomic E-state index is 0.00255. The number of nitrogens with one attached hydrogen (secondary N) is 5. The number of nitro groups is 1. The molecule has 0 saturated carbocycles. The van der Waals surface area contributed by atoms with Crippen LogP contribution in [0.5, 0.6) is 11.5 Å². The van der Waals surface area contributed by atoms with Gasteiger partial charge in [0, 0.05) is 37.2 Å². The molecule has 11 N–H and O–H groups in total. The molecule has 3 rings (SSSR count). The molecule has 1 aromatic rings. The molecule has 0 spiro atoms. The van der Waals surface area contributed by atoms with Crippen LogP contribution in [0.25, 0.3) is 0 Å². The van der Waals surface area contributed by atoms with Gasteiger partial charge in [-0.1, -0.05) is 17.1 Å². The van der Waals surface area contributed by atoms with E-state index in [1.807, 2.05) is 0 Å². The normalized spacial score (nSPS) is 17.0. The van der Waals surface area contributed by atoms with Crippen molar-refractivity contribution in [1.29, 1.82) is 0 Å². The van der Waals surface area contributed by atoms with Gasteiger partial charge in [-0.15, -0.1) is 0 Å². The number of methoxy groups -OCH3 is 2. The Labute approximate surface area is 382 Å². The van der Waals surface area contributed by atoms with Gasteiger partial charge in [-0.2, -0.15) is 0 Å². The van der Waals surface area contributed by atoms with Crippen LogP contribution in [0, 0.1) is 17.0 Å². The van der Waals surface area contributed by atoms with Crippen LogP contribution in [-0.2, 0) is 51.3 Å². The zero-order chi connectivity index (χ0) is 49.2. The number of carbonyl (C=O) groups is 7. The van der Waals surface area contributed by atoms with E-state index in [4.69, 9.17) is 25.7 Å². The van der Waals surface area contributed by atoms with Crippen molar-refractivity contribution in [2.24, 2.45) is 16.5 Å². The first-order chi connectivity index (χ1) is 31.2. The number of esters is 2. The van der Waals surface area contributed by atoms with Crippen molar-refractivity contribution >= 4 is 47.4 Å². The minimum atomic E-state index is -1.46. The number of aromatic hydroxyl groups is 1. The third kappa shape index (κ3) is 15.3. The third-order valence-electron chi connectivity index (χ3n) is 11.2. The number of carbonyl (C=O) groups excluding carboxylic acids is 7. The number of fused-ring (bicyclic) bond motifs is 1. The van der Waals surface area contributed by atoms with Crippen molar-refractivity contribution < 1.29 is 63.0 Å². The molecule has 2 aliphatic rings. The summed E-state index contributed by atoms with van der Waals surface area (Å²) in [6.45, 7) is 6.66. The average molecular weight is 933 g/mol. The number of ether oxygens (including phenoxy) is 3. The largest absolute Gasteiger partial charge is 0.507 e. The van der Waals surface area contributed by atoms with Gasteiger partial charge in [-0.05, 0) is 91.0 Å². The number of likely N-dealkylation sites (tertiary alicyclic amines) is 1. The second-order valence-electron chi connectivity index (χ2n) is 16.1. The highest BCUT2D eigenvalue weighted by atomic mass is 16.7. The molecule has 0 unspecified atom stereocenters. The van der Waals surface area contributed by atoms with E-state index >= 15 is 0 Å². The molecular weight excluding hydrogens is 869 g/mol. The summed E-state index contributed by atoms with van der Waals surface area (Å²) in [6, 6.07) is -5.69. The van der Waals surface area contributed by atoms with Crippen molar-refractivity contribution in [2.75, 3.05) is 33.9 Å². The number of hydrazine groups is 1. The Morgan fingerprint density at radius 3 is 2.38 bits per heavy atom. The Bertz CT molecular complexity index is 2020. The van der Waals surface area contributed by atoms with Gasteiger partial charge in [0.05, 0.1) is 26.4 Å². The average Bonchev–Trinajstić information content (AvgIpc) is 3.92. The standard InChI is InChI=1S/C42H64N10O14/c1-22(14-16-26-34(55)32-27(21-66-40(32)60)23(2)35(26)64-5)15-17-31(54)47-29(12-9-19-46-42(44)50-52(62)63)39(59)51-20-10-13-30(51)38(58)48-28(11-7-8-18-45-36(56)24(3)43)37(57)49-33(25(4)53)41(61)65-6/h14,24-25,28-30,33,53,55H,7-13,15-21,43H2,1-6H3,(H,45,56)(H,47,54)(H,48,58)(H,49,57)(H3,44,46,50)/b22-14+/t24-,25+,28-,29-,30-,33-/m0/s1. The van der Waals surface area contributed by atoms with Crippen LogP contribution in [0.2, 0.25) is 0 Å². The summed E-state index contributed by atoms with van der Waals surface area (Å²) in [7, 11) is 2.53. The minimum Gasteiger partial charge on any atom is -0.507 e. The maximum atomic E-state index is 14.3. The number of amides is 5. The van der Waals surface area contributed by atoms with E-state index in [9.17, 15) is 53.9 Å². The van der Waals surface area contributed by atoms with Gasteiger partial charge in [0.25, 0.3) is 5.96 Å². The quantitative estimate of drug-likeness (QED) is 0.0110. The lowest BCUT2D eigenvalue weighted by Gasteiger charge is -2.30. The smallest absolute Gasteiger partial charge is 0.342 e. The van der Waals surface area contributed by atoms with E-state index in [2.05, 4.69) is 26.3 Å². The second-order valence-corrected chi connectivity index (χ2v) is 16.1. The number of nitrogens with zero attached hydrogens (tertiary/aromatic N) is 3. The molecular formula is C42H64N10O14. The maximum absolute atomic E-state index is 14.3. The van der Waals surface area contributed by atoms with Gasteiger partial charge in [-0.25, -0.2) is 24.7 Å². The van der Waals surface area contributed by atoms with Crippen LogP contribution in [-0.4, -0.2) is 138 Å². The number of aliphatic hydroxyl groups is 1. The first-order valence-electron chi connectivity index (χ1n) is 21.7. The number of phenols is 1. The maximum Gasteiger partial charge on any atom is 0.342 e. The highest BCUT2D eigenvalue weighted by molar-refractivity contribution is 5.98. The summed E-state index contributed by atoms with van der Waals surface area (Å²) in [5.41, 5.74) is 15.3. The predicted molar refractivity (Wildman–Crippen MR) is 236 cm³/mol. The van der Waals surface area contributed by atoms with Gasteiger partial charge in [0.15, 0.2) is 11.1 Å². The number of aliphatic hydroxyl groups excluding tert-OH is 1. The molecule has 366 valence electrons. The first-order valence-corrected chi connectivity index (χ1v) is 21.7. The van der Waals surface area contributed by atoms with E-state index in [0.717, 1.165) is 12.7 Å². The lowest BCUT2D eigenvalue weighted by molar-refractivity contribution is -0.525. The molecule has 5 amide bonds. The number of rotatable bonds is 25. The number of benzene rings is 1. The van der Waals surface area contributed by atoms with Gasteiger partial charge in [-0.3, -0.25) is 24.0 Å². The second kappa shape index (κ2) is 25.8. The Kier molecular flexibility index (Phi) is 21.0. The number of unbranched alkanes of at least 4 members (excludes halogenated alkanes) is 1. The molecule has 2 heterocycles. The number of aliphatic imine (C=N–C) groups is 1. The first kappa shape index (κ1) is 53.8. The number of phenolic OH excluding ortho intramolecular Hbond substituents is 1. The van der Waals surface area contributed by atoms with Gasteiger partial charge >= 0.3 is 11.9 Å². The monoisotopic (exact) mass is 932 g/mol. The molecule has 6 atom stereocenters. The van der Waals surface area contributed by atoms with Crippen molar-refractivity contribution in [1.82, 2.24) is 31.6 Å². The topological polar surface area (TPSA) is 359 Å². The number of hydrogen-bond donors (Lipinski definition) is 9. The molecule has 0 aromatic heterocycles. The van der Waals surface area contributed by atoms with Gasteiger partial charge in [0.1, 0.15) is 41.8 Å². The van der Waals surface area contributed by atoms with E-state index in [1.54, 1.807) is 25.3 Å². The zero-order valence-corrected chi connectivity index (χ0v) is 38.2. The lowest BCUT2D eigenvalue weighted by atomic mass is 9.94. The van der Waals surface area contributed by atoms with Crippen LogP contribution in [0.3, 0.4) is 0 Å². The third-order valence-corrected chi connectivity index (χ3v) is 11.2. The van der Waals surface area contributed by atoms with E-state index in [-0.39, 0.29) is 88.4 Å². The molecule has 1 aromatic carbocycles. The van der Waals surface area contributed by atoms with Crippen molar-refractivity contribution in [3.8, 4) is 11.5 Å². The van der Waals surface area contributed by atoms with E-state index < -0.39 is 82.9 Å². The van der Waals surface area contributed by atoms with Crippen LogP contribution >= 0.6 is 0 Å². The summed E-state index contributed by atoms with van der Waals surface area (Å²) >= 11 is 0. The van der Waals surface area contributed by atoms with Crippen LogP contribution < -0.4 is 42.9 Å². The number of hydrogen-bond acceptors (Lipinski definition) is 16. The fourth-order valence-electron chi connectivity index (χ4n) is 7.51. The summed E-state index contributed by atoms with van der Waals surface area (Å²) in [6.07, 6.45) is 2.24. The van der Waals surface area contributed by atoms with Crippen molar-refractivity contribution in [2.45, 2.75) is 135 Å². The summed E-state index contributed by atoms with van der Waals surface area (Å²) in [4.78, 5) is 108. The molecule has 0 bridgehead atoms. The molecule has 24 heteroatoms. The fraction of sp³-hybridized carbons (Fsp3) is 0.619. The molecule has 1 fully saturated rings.